The molecule has 11 heteroatoms. The van der Waals surface area contributed by atoms with Gasteiger partial charge in [-0.1, -0.05) is 23.7 Å². The summed E-state index contributed by atoms with van der Waals surface area (Å²) in [6.45, 7) is 0. The number of carboxylic acids is 1. The van der Waals surface area contributed by atoms with E-state index < -0.39 is 49.8 Å². The van der Waals surface area contributed by atoms with Crippen LogP contribution in [0.2, 0.25) is 5.02 Å². The topological polar surface area (TPSA) is 127 Å². The molecule has 0 fully saturated rings. The van der Waals surface area contributed by atoms with E-state index in [0.717, 1.165) is 30.3 Å². The molecular formula is C15H12ClFN2O6S. The van der Waals surface area contributed by atoms with E-state index in [1.807, 2.05) is 0 Å². The van der Waals surface area contributed by atoms with Crippen molar-refractivity contribution in [3.8, 4) is 0 Å². The predicted octanol–water partition coefficient (Wildman–Crippen LogP) is 2.88. The second-order valence-electron chi connectivity index (χ2n) is 5.19. The lowest BCUT2D eigenvalue weighted by Gasteiger charge is -2.17. The molecule has 0 aliphatic carbocycles. The van der Waals surface area contributed by atoms with E-state index in [-0.39, 0.29) is 10.6 Å². The van der Waals surface area contributed by atoms with Gasteiger partial charge < -0.3 is 5.11 Å². The standard InChI is InChI=1S/C15H12ClFN2O6S/c16-12-6-5-11(7-14(12)19(22)23)26(24,25)18-13(8-15(20)21)9-1-3-10(17)4-2-9/h1-7,13,18H,8H2,(H,20,21)/t13-/m0/s1. The van der Waals surface area contributed by atoms with Gasteiger partial charge in [-0.15, -0.1) is 0 Å². The van der Waals surface area contributed by atoms with Crippen molar-refractivity contribution in [2.75, 3.05) is 0 Å². The molecule has 8 nitrogen and oxygen atoms in total. The highest BCUT2D eigenvalue weighted by atomic mass is 35.5. The molecule has 0 spiro atoms. The summed E-state index contributed by atoms with van der Waals surface area (Å²) in [7, 11) is -4.31. The second kappa shape index (κ2) is 7.77. The average Bonchev–Trinajstić information content (AvgIpc) is 2.54. The van der Waals surface area contributed by atoms with Gasteiger partial charge in [0.2, 0.25) is 10.0 Å². The Morgan fingerprint density at radius 2 is 1.88 bits per heavy atom. The molecule has 1 atom stereocenters. The Hall–Kier alpha value is -2.56. The third kappa shape index (κ3) is 4.75. The Bertz CT molecular complexity index is 949. The summed E-state index contributed by atoms with van der Waals surface area (Å²) in [5.41, 5.74) is -0.382. The summed E-state index contributed by atoms with van der Waals surface area (Å²) < 4.78 is 40.2. The summed E-state index contributed by atoms with van der Waals surface area (Å²) in [5.74, 6) is -1.86. The molecule has 0 bridgehead atoms. The minimum absolute atomic E-state index is 0.223. The number of aliphatic carboxylic acids is 1. The van der Waals surface area contributed by atoms with Gasteiger partial charge in [-0.25, -0.2) is 17.5 Å². The molecule has 0 radical (unpaired) electrons. The van der Waals surface area contributed by atoms with Crippen molar-refractivity contribution in [3.05, 3.63) is 69.0 Å². The van der Waals surface area contributed by atoms with Crippen molar-refractivity contribution in [2.24, 2.45) is 0 Å². The molecule has 26 heavy (non-hydrogen) atoms. The number of benzene rings is 2. The molecule has 2 N–H and O–H groups in total. The lowest BCUT2D eigenvalue weighted by molar-refractivity contribution is -0.384. The highest BCUT2D eigenvalue weighted by Gasteiger charge is 2.26. The molecule has 0 saturated carbocycles. The molecule has 2 aromatic rings. The third-order valence-corrected chi connectivity index (χ3v) is 5.16. The third-order valence-electron chi connectivity index (χ3n) is 3.37. The molecule has 0 amide bonds. The van der Waals surface area contributed by atoms with Crippen LogP contribution in [0.4, 0.5) is 10.1 Å². The molecule has 2 aromatic carbocycles. The van der Waals surface area contributed by atoms with Crippen LogP contribution in [0.5, 0.6) is 0 Å². The Balaban J connectivity index is 2.40. The van der Waals surface area contributed by atoms with E-state index in [2.05, 4.69) is 4.72 Å². The van der Waals surface area contributed by atoms with Crippen molar-refractivity contribution in [1.29, 1.82) is 0 Å². The Morgan fingerprint density at radius 3 is 2.42 bits per heavy atom. The summed E-state index contributed by atoms with van der Waals surface area (Å²) in [6, 6.07) is 6.29. The number of carboxylic acid groups (broad SMARTS) is 1. The van der Waals surface area contributed by atoms with Crippen LogP contribution < -0.4 is 4.72 Å². The van der Waals surface area contributed by atoms with Crippen LogP contribution in [0.15, 0.2) is 47.4 Å². The molecule has 0 saturated heterocycles. The second-order valence-corrected chi connectivity index (χ2v) is 7.31. The first-order valence-electron chi connectivity index (χ1n) is 7.03. The van der Waals surface area contributed by atoms with Crippen molar-refractivity contribution in [2.45, 2.75) is 17.4 Å². The molecule has 138 valence electrons. The van der Waals surface area contributed by atoms with Gasteiger partial charge in [-0.3, -0.25) is 14.9 Å². The number of nitrogens with zero attached hydrogens (tertiary/aromatic N) is 1. The quantitative estimate of drug-likeness (QED) is 0.541. The van der Waals surface area contributed by atoms with Crippen molar-refractivity contribution < 1.29 is 27.6 Å². The number of hydrogen-bond donors (Lipinski definition) is 2. The van der Waals surface area contributed by atoms with Crippen LogP contribution in [0.1, 0.15) is 18.0 Å². The molecule has 0 aliphatic rings. The van der Waals surface area contributed by atoms with Crippen LogP contribution in [-0.2, 0) is 14.8 Å². The van der Waals surface area contributed by atoms with E-state index in [4.69, 9.17) is 16.7 Å². The van der Waals surface area contributed by atoms with E-state index in [0.29, 0.717) is 0 Å². The largest absolute Gasteiger partial charge is 0.481 e. The van der Waals surface area contributed by atoms with Gasteiger partial charge in [0, 0.05) is 6.07 Å². The zero-order valence-electron chi connectivity index (χ0n) is 12.9. The summed E-state index contributed by atoms with van der Waals surface area (Å²) in [6.07, 6.45) is -0.611. The highest BCUT2D eigenvalue weighted by Crippen LogP contribution is 2.28. The van der Waals surface area contributed by atoms with E-state index >= 15 is 0 Å². The normalized spacial score (nSPS) is 12.5. The maximum absolute atomic E-state index is 13.0. The maximum Gasteiger partial charge on any atom is 0.305 e. The Morgan fingerprint density at radius 1 is 1.27 bits per heavy atom. The fourth-order valence-electron chi connectivity index (χ4n) is 2.15. The van der Waals surface area contributed by atoms with Crippen LogP contribution in [-0.4, -0.2) is 24.4 Å². The number of nitro groups is 1. The maximum atomic E-state index is 13.0. The van der Waals surface area contributed by atoms with Gasteiger partial charge in [0.1, 0.15) is 10.8 Å². The Labute approximate surface area is 152 Å². The smallest absolute Gasteiger partial charge is 0.305 e. The number of rotatable bonds is 7. The van der Waals surface area contributed by atoms with Crippen LogP contribution in [0, 0.1) is 15.9 Å². The number of carbonyl (C=O) groups is 1. The molecule has 0 heterocycles. The van der Waals surface area contributed by atoms with Crippen molar-refractivity contribution in [3.63, 3.8) is 0 Å². The van der Waals surface area contributed by atoms with Crippen molar-refractivity contribution >= 4 is 33.3 Å². The fraction of sp³-hybridized carbons (Fsp3) is 0.133. The SMILES string of the molecule is O=C(O)C[C@H](NS(=O)(=O)c1ccc(Cl)c([N+](=O)[O-])c1)c1ccc(F)cc1. The zero-order valence-corrected chi connectivity index (χ0v) is 14.5. The van der Waals surface area contributed by atoms with Crippen molar-refractivity contribution in [1.82, 2.24) is 4.72 Å². The summed E-state index contributed by atoms with van der Waals surface area (Å²) in [4.78, 5) is 20.7. The molecule has 0 aromatic heterocycles. The highest BCUT2D eigenvalue weighted by molar-refractivity contribution is 7.89. The van der Waals surface area contributed by atoms with Gasteiger partial charge in [-0.2, -0.15) is 0 Å². The molecular weight excluding hydrogens is 391 g/mol. The average molecular weight is 403 g/mol. The first-order chi connectivity index (χ1) is 12.1. The fourth-order valence-corrected chi connectivity index (χ4v) is 3.58. The van der Waals surface area contributed by atoms with Crippen LogP contribution in [0.3, 0.4) is 0 Å². The van der Waals surface area contributed by atoms with Gasteiger partial charge in [0.05, 0.1) is 22.3 Å². The minimum atomic E-state index is -4.31. The lowest BCUT2D eigenvalue weighted by atomic mass is 10.1. The van der Waals surface area contributed by atoms with Gasteiger partial charge in [-0.05, 0) is 29.8 Å². The van der Waals surface area contributed by atoms with Crippen LogP contribution in [0.25, 0.3) is 0 Å². The predicted molar refractivity (Wildman–Crippen MR) is 89.8 cm³/mol. The molecule has 0 unspecified atom stereocenters. The number of halogens is 2. The van der Waals surface area contributed by atoms with Gasteiger partial charge >= 0.3 is 5.97 Å². The number of sulfonamides is 1. The van der Waals surface area contributed by atoms with Gasteiger partial charge in [0.25, 0.3) is 5.69 Å². The monoisotopic (exact) mass is 402 g/mol. The molecule has 2 rings (SSSR count). The minimum Gasteiger partial charge on any atom is -0.481 e. The lowest BCUT2D eigenvalue weighted by Crippen LogP contribution is -2.30. The summed E-state index contributed by atoms with van der Waals surface area (Å²) >= 11 is 5.66. The zero-order chi connectivity index (χ0) is 19.5. The van der Waals surface area contributed by atoms with Crippen LogP contribution >= 0.6 is 11.6 Å². The van der Waals surface area contributed by atoms with E-state index in [1.165, 1.54) is 12.1 Å². The number of hydrogen-bond acceptors (Lipinski definition) is 5. The van der Waals surface area contributed by atoms with E-state index in [9.17, 15) is 27.7 Å². The molecule has 0 aliphatic heterocycles. The van der Waals surface area contributed by atoms with Gasteiger partial charge in [0.15, 0.2) is 0 Å². The first-order valence-corrected chi connectivity index (χ1v) is 8.90. The Kier molecular flexibility index (Phi) is 5.90. The van der Waals surface area contributed by atoms with E-state index in [1.54, 1.807) is 0 Å². The number of nitrogens with one attached hydrogen (secondary N) is 1. The summed E-state index contributed by atoms with van der Waals surface area (Å²) in [5, 5.41) is 19.7. The number of nitro benzene ring substituents is 1. The first kappa shape index (κ1) is 19.8.